The fourth-order valence-corrected chi connectivity index (χ4v) is 5.05. The van der Waals surface area contributed by atoms with E-state index in [1.807, 2.05) is 12.1 Å². The lowest BCUT2D eigenvalue weighted by Gasteiger charge is -2.41. The van der Waals surface area contributed by atoms with Crippen LogP contribution < -0.4 is 15.7 Å². The topological polar surface area (TPSA) is 106 Å². The van der Waals surface area contributed by atoms with E-state index in [0.717, 1.165) is 42.4 Å². The van der Waals surface area contributed by atoms with Crippen molar-refractivity contribution >= 4 is 22.8 Å². The van der Waals surface area contributed by atoms with E-state index in [-0.39, 0.29) is 23.5 Å². The molecule has 1 fully saturated rings. The number of hydrogen-bond acceptors (Lipinski definition) is 5. The zero-order valence-corrected chi connectivity index (χ0v) is 19.0. The molecule has 1 atom stereocenters. The summed E-state index contributed by atoms with van der Waals surface area (Å²) in [7, 11) is 0. The zero-order valence-electron chi connectivity index (χ0n) is 19.0. The van der Waals surface area contributed by atoms with Gasteiger partial charge in [-0.3, -0.25) is 4.79 Å². The van der Waals surface area contributed by atoms with Crippen LogP contribution in [0.2, 0.25) is 0 Å². The van der Waals surface area contributed by atoms with Gasteiger partial charge in [-0.05, 0) is 68.6 Å². The minimum Gasteiger partial charge on any atom is -0.487 e. The molecule has 1 aliphatic heterocycles. The van der Waals surface area contributed by atoms with Crippen molar-refractivity contribution in [3.05, 3.63) is 39.2 Å². The van der Waals surface area contributed by atoms with Crippen LogP contribution in [-0.4, -0.2) is 28.6 Å². The van der Waals surface area contributed by atoms with Gasteiger partial charge < -0.3 is 19.6 Å². The molecule has 7 nitrogen and oxygen atoms in total. The molecule has 32 heavy (non-hydrogen) atoms. The van der Waals surface area contributed by atoms with Crippen molar-refractivity contribution in [2.24, 2.45) is 5.92 Å². The molecule has 2 aliphatic rings. The normalized spacial score (nSPS) is 18.2. The number of carboxylic acid groups (broad SMARTS) is 1. The maximum Gasteiger partial charge on any atom is 0.340 e. The molecule has 7 heteroatoms. The third kappa shape index (κ3) is 4.25. The molecule has 1 aromatic carbocycles. The Morgan fingerprint density at radius 2 is 1.88 bits per heavy atom. The first-order valence-corrected chi connectivity index (χ1v) is 11.5. The quantitative estimate of drug-likeness (QED) is 0.682. The summed E-state index contributed by atoms with van der Waals surface area (Å²) in [5, 5.41) is 12.6. The zero-order chi connectivity index (χ0) is 23.0. The number of ether oxygens (including phenoxy) is 1. The maximum atomic E-state index is 12.7. The minimum absolute atomic E-state index is 0.0939. The van der Waals surface area contributed by atoms with Gasteiger partial charge in [0.25, 0.3) is 0 Å². The van der Waals surface area contributed by atoms with Crippen LogP contribution in [0.3, 0.4) is 0 Å². The Kier molecular flexibility index (Phi) is 6.01. The van der Waals surface area contributed by atoms with Crippen molar-refractivity contribution in [1.29, 1.82) is 0 Å². The van der Waals surface area contributed by atoms with Crippen LogP contribution in [0.15, 0.2) is 21.3 Å². The number of carboxylic acids is 1. The summed E-state index contributed by atoms with van der Waals surface area (Å²) >= 11 is 0. The van der Waals surface area contributed by atoms with Gasteiger partial charge >= 0.3 is 11.6 Å². The monoisotopic (exact) mass is 441 g/mol. The molecular weight excluding hydrogens is 410 g/mol. The highest BCUT2D eigenvalue weighted by atomic mass is 16.5. The standard InChI is InChI=1S/C25H31NO6/c1-14(2)22(23(28)29)26-21(27)12-18-15(3)17-11-16-7-10-25(8-5-4-6-9-25)32-19(16)13-20(17)31-24(18)30/h11,13-14,22H,4-10,12H2,1-3H3,(H,26,27)(H,28,29)/t22-/m0/s1. The van der Waals surface area contributed by atoms with Crippen LogP contribution >= 0.6 is 0 Å². The molecule has 2 heterocycles. The van der Waals surface area contributed by atoms with E-state index >= 15 is 0 Å². The predicted molar refractivity (Wildman–Crippen MR) is 120 cm³/mol. The second kappa shape index (κ2) is 8.60. The Morgan fingerprint density at radius 1 is 1.16 bits per heavy atom. The van der Waals surface area contributed by atoms with Crippen LogP contribution in [-0.2, 0) is 22.4 Å². The summed E-state index contributed by atoms with van der Waals surface area (Å²) in [6.45, 7) is 5.24. The number of nitrogens with one attached hydrogen (secondary N) is 1. The van der Waals surface area contributed by atoms with Crippen molar-refractivity contribution in [3.8, 4) is 5.75 Å². The number of aryl methyl sites for hydroxylation is 2. The third-order valence-electron chi connectivity index (χ3n) is 7.00. The lowest BCUT2D eigenvalue weighted by Crippen LogP contribution is -2.45. The summed E-state index contributed by atoms with van der Waals surface area (Å²) in [4.78, 5) is 36.6. The molecule has 1 aliphatic carbocycles. The van der Waals surface area contributed by atoms with Gasteiger partial charge in [0.1, 0.15) is 23.0 Å². The number of fused-ring (bicyclic) bond motifs is 2. The molecule has 1 spiro atoms. The van der Waals surface area contributed by atoms with E-state index in [2.05, 4.69) is 5.32 Å². The largest absolute Gasteiger partial charge is 0.487 e. The van der Waals surface area contributed by atoms with Crippen LogP contribution in [0, 0.1) is 12.8 Å². The summed E-state index contributed by atoms with van der Waals surface area (Å²) in [5.41, 5.74) is 1.81. The van der Waals surface area contributed by atoms with Crippen molar-refractivity contribution in [2.45, 2.75) is 83.8 Å². The van der Waals surface area contributed by atoms with E-state index in [1.165, 1.54) is 19.3 Å². The molecular formula is C25H31NO6. The Balaban J connectivity index is 1.62. The van der Waals surface area contributed by atoms with Gasteiger partial charge in [0, 0.05) is 11.5 Å². The lowest BCUT2D eigenvalue weighted by molar-refractivity contribution is -0.143. The molecule has 2 N–H and O–H groups in total. The fourth-order valence-electron chi connectivity index (χ4n) is 5.05. The number of aliphatic carboxylic acids is 1. The van der Waals surface area contributed by atoms with Crippen molar-refractivity contribution < 1.29 is 23.8 Å². The van der Waals surface area contributed by atoms with Gasteiger partial charge in [-0.25, -0.2) is 9.59 Å². The third-order valence-corrected chi connectivity index (χ3v) is 7.00. The molecule has 0 unspecified atom stereocenters. The highest BCUT2D eigenvalue weighted by Crippen LogP contribution is 2.43. The lowest BCUT2D eigenvalue weighted by atomic mass is 9.79. The van der Waals surface area contributed by atoms with Crippen molar-refractivity contribution in [2.75, 3.05) is 0 Å². The number of amides is 1. The number of carbonyl (C=O) groups excluding carboxylic acids is 1. The van der Waals surface area contributed by atoms with Gasteiger partial charge in [0.05, 0.1) is 12.0 Å². The molecule has 0 radical (unpaired) electrons. The maximum absolute atomic E-state index is 12.7. The Morgan fingerprint density at radius 3 is 2.53 bits per heavy atom. The molecule has 2 aromatic rings. The second-order valence-electron chi connectivity index (χ2n) is 9.60. The first-order valence-electron chi connectivity index (χ1n) is 11.5. The molecule has 172 valence electrons. The molecule has 0 saturated heterocycles. The van der Waals surface area contributed by atoms with Gasteiger partial charge in [-0.2, -0.15) is 0 Å². The highest BCUT2D eigenvalue weighted by Gasteiger charge is 2.37. The van der Waals surface area contributed by atoms with Gasteiger partial charge in [0.2, 0.25) is 5.91 Å². The second-order valence-corrected chi connectivity index (χ2v) is 9.60. The Bertz CT molecular complexity index is 1110. The smallest absolute Gasteiger partial charge is 0.340 e. The van der Waals surface area contributed by atoms with E-state index < -0.39 is 23.5 Å². The Labute approximate surface area is 187 Å². The summed E-state index contributed by atoms with van der Waals surface area (Å²) in [5.74, 6) is -1.09. The van der Waals surface area contributed by atoms with Crippen LogP contribution in [0.1, 0.15) is 69.1 Å². The van der Waals surface area contributed by atoms with E-state index in [9.17, 15) is 19.5 Å². The van der Waals surface area contributed by atoms with E-state index in [0.29, 0.717) is 11.1 Å². The number of hydrogen-bond donors (Lipinski definition) is 2. The van der Waals surface area contributed by atoms with Crippen molar-refractivity contribution in [1.82, 2.24) is 5.32 Å². The highest BCUT2D eigenvalue weighted by molar-refractivity contribution is 5.88. The first kappa shape index (κ1) is 22.4. The number of benzene rings is 1. The minimum atomic E-state index is -1.10. The summed E-state index contributed by atoms with van der Waals surface area (Å²) in [6, 6.07) is 2.82. The van der Waals surface area contributed by atoms with Crippen LogP contribution in [0.5, 0.6) is 5.75 Å². The molecule has 1 amide bonds. The van der Waals surface area contributed by atoms with Gasteiger partial charge in [-0.15, -0.1) is 0 Å². The summed E-state index contributed by atoms with van der Waals surface area (Å²) < 4.78 is 12.0. The number of carbonyl (C=O) groups is 2. The molecule has 4 rings (SSSR count). The Hall–Kier alpha value is -2.83. The summed E-state index contributed by atoms with van der Waals surface area (Å²) in [6.07, 6.45) is 7.42. The first-order chi connectivity index (χ1) is 15.2. The fraction of sp³-hybridized carbons (Fsp3) is 0.560. The molecule has 1 saturated carbocycles. The molecule has 1 aromatic heterocycles. The van der Waals surface area contributed by atoms with Crippen LogP contribution in [0.4, 0.5) is 0 Å². The predicted octanol–water partition coefficient (Wildman–Crippen LogP) is 3.90. The van der Waals surface area contributed by atoms with E-state index in [1.54, 1.807) is 20.8 Å². The van der Waals surface area contributed by atoms with Gasteiger partial charge in [0.15, 0.2) is 0 Å². The average Bonchev–Trinajstić information content (AvgIpc) is 2.74. The number of rotatable bonds is 5. The van der Waals surface area contributed by atoms with Crippen LogP contribution in [0.25, 0.3) is 11.0 Å². The average molecular weight is 442 g/mol. The van der Waals surface area contributed by atoms with Crippen molar-refractivity contribution in [3.63, 3.8) is 0 Å². The van der Waals surface area contributed by atoms with E-state index in [4.69, 9.17) is 9.15 Å². The SMILES string of the molecule is Cc1c(CC(=O)N[C@H](C(=O)O)C(C)C)c(=O)oc2cc3c(cc12)CCC1(CCCCC1)O3. The van der Waals surface area contributed by atoms with Gasteiger partial charge in [-0.1, -0.05) is 20.3 Å². The molecule has 0 bridgehead atoms.